The molecule has 2 aromatic heterocycles. The molecule has 0 spiro atoms. The van der Waals surface area contributed by atoms with Gasteiger partial charge < -0.3 is 4.74 Å². The number of methoxy groups -OCH3 is 1. The van der Waals surface area contributed by atoms with Gasteiger partial charge in [0.25, 0.3) is 0 Å². The minimum atomic E-state index is -0.539. The fourth-order valence-corrected chi connectivity index (χ4v) is 2.17. The number of hydrogen-bond donors (Lipinski definition) is 0. The Kier molecular flexibility index (Phi) is 3.57. The second-order valence-electron chi connectivity index (χ2n) is 4.55. The van der Waals surface area contributed by atoms with Crippen molar-refractivity contribution in [3.63, 3.8) is 0 Å². The van der Waals surface area contributed by atoms with Crippen molar-refractivity contribution in [3.05, 3.63) is 65.9 Å². The van der Waals surface area contributed by atoms with Crippen LogP contribution in [0.4, 0.5) is 0 Å². The van der Waals surface area contributed by atoms with Crippen molar-refractivity contribution in [1.29, 1.82) is 0 Å². The molecule has 0 atom stereocenters. The highest BCUT2D eigenvalue weighted by molar-refractivity contribution is 6.13. The quantitative estimate of drug-likeness (QED) is 0.543. The van der Waals surface area contributed by atoms with Gasteiger partial charge in [-0.05, 0) is 18.2 Å². The van der Waals surface area contributed by atoms with E-state index in [-0.39, 0.29) is 11.3 Å². The van der Waals surface area contributed by atoms with Crippen LogP contribution >= 0.6 is 0 Å². The van der Waals surface area contributed by atoms with E-state index >= 15 is 0 Å². The Balaban J connectivity index is 2.19. The van der Waals surface area contributed by atoms with Gasteiger partial charge in [-0.25, -0.2) is 14.8 Å². The average molecular weight is 293 g/mol. The summed E-state index contributed by atoms with van der Waals surface area (Å²) in [4.78, 5) is 36.3. The number of aromatic nitrogens is 3. The van der Waals surface area contributed by atoms with Gasteiger partial charge in [0.05, 0.1) is 23.8 Å². The number of ether oxygens (including phenoxy) is 1. The summed E-state index contributed by atoms with van der Waals surface area (Å²) in [6.45, 7) is 0. The van der Waals surface area contributed by atoms with E-state index in [4.69, 9.17) is 4.74 Å². The monoisotopic (exact) mass is 293 g/mol. The second kappa shape index (κ2) is 5.69. The standard InChI is InChI=1S/C16H11N3O3/c1-22-16(21)13-6-11(5-10-3-2-4-19-14(10)13)15(20)12-7-17-9-18-8-12/h2-9H,1H3. The predicted molar refractivity (Wildman–Crippen MR) is 78.5 cm³/mol. The molecule has 3 rings (SSSR count). The smallest absolute Gasteiger partial charge is 0.340 e. The minimum absolute atomic E-state index is 0.251. The molecule has 6 nitrogen and oxygen atoms in total. The number of ketones is 1. The summed E-state index contributed by atoms with van der Waals surface area (Å²) in [5.74, 6) is -0.806. The summed E-state index contributed by atoms with van der Waals surface area (Å²) in [5.41, 5.74) is 1.45. The zero-order valence-electron chi connectivity index (χ0n) is 11.7. The number of rotatable bonds is 3. The number of hydrogen-bond acceptors (Lipinski definition) is 6. The molecule has 108 valence electrons. The average Bonchev–Trinajstić information content (AvgIpc) is 2.60. The van der Waals surface area contributed by atoms with Gasteiger partial charge in [0.2, 0.25) is 0 Å². The van der Waals surface area contributed by atoms with Crippen LogP contribution in [-0.4, -0.2) is 33.8 Å². The zero-order valence-corrected chi connectivity index (χ0v) is 11.7. The number of nitrogens with zero attached hydrogens (tertiary/aromatic N) is 3. The Morgan fingerprint density at radius 2 is 1.86 bits per heavy atom. The fourth-order valence-electron chi connectivity index (χ4n) is 2.17. The molecule has 22 heavy (non-hydrogen) atoms. The number of esters is 1. The molecule has 0 aliphatic rings. The predicted octanol–water partition coefficient (Wildman–Crippen LogP) is 2.04. The highest BCUT2D eigenvalue weighted by Crippen LogP contribution is 2.21. The summed E-state index contributed by atoms with van der Waals surface area (Å²) in [6.07, 6.45) is 5.80. The Morgan fingerprint density at radius 3 is 2.59 bits per heavy atom. The van der Waals surface area contributed by atoms with Crippen LogP contribution in [0.3, 0.4) is 0 Å². The first kappa shape index (κ1) is 13.8. The van der Waals surface area contributed by atoms with Gasteiger partial charge in [-0.15, -0.1) is 0 Å². The van der Waals surface area contributed by atoms with Crippen LogP contribution in [0.15, 0.2) is 49.2 Å². The lowest BCUT2D eigenvalue weighted by molar-refractivity contribution is 0.0602. The largest absolute Gasteiger partial charge is 0.465 e. The van der Waals surface area contributed by atoms with Crippen LogP contribution in [0.25, 0.3) is 10.9 Å². The molecule has 1 aromatic carbocycles. The van der Waals surface area contributed by atoms with Gasteiger partial charge in [-0.3, -0.25) is 9.78 Å². The Bertz CT molecular complexity index is 863. The maximum Gasteiger partial charge on any atom is 0.340 e. The summed E-state index contributed by atoms with van der Waals surface area (Å²) in [5, 5.41) is 0.686. The highest BCUT2D eigenvalue weighted by Gasteiger charge is 2.17. The molecule has 0 radical (unpaired) electrons. The van der Waals surface area contributed by atoms with E-state index in [1.54, 1.807) is 24.4 Å². The fraction of sp³-hybridized carbons (Fsp3) is 0.0625. The maximum absolute atomic E-state index is 12.5. The molecule has 6 heteroatoms. The molecule has 0 unspecified atom stereocenters. The Morgan fingerprint density at radius 1 is 1.09 bits per heavy atom. The van der Waals surface area contributed by atoms with E-state index in [1.165, 1.54) is 31.9 Å². The number of fused-ring (bicyclic) bond motifs is 1. The van der Waals surface area contributed by atoms with Gasteiger partial charge >= 0.3 is 5.97 Å². The van der Waals surface area contributed by atoms with Crippen molar-refractivity contribution < 1.29 is 14.3 Å². The van der Waals surface area contributed by atoms with Gasteiger partial charge in [0.1, 0.15) is 6.33 Å². The van der Waals surface area contributed by atoms with Crippen LogP contribution in [0.2, 0.25) is 0 Å². The van der Waals surface area contributed by atoms with Crippen molar-refractivity contribution >= 4 is 22.7 Å². The topological polar surface area (TPSA) is 82.0 Å². The van der Waals surface area contributed by atoms with E-state index < -0.39 is 5.97 Å². The highest BCUT2D eigenvalue weighted by atomic mass is 16.5. The minimum Gasteiger partial charge on any atom is -0.465 e. The normalized spacial score (nSPS) is 10.4. The molecule has 0 amide bonds. The lowest BCUT2D eigenvalue weighted by Crippen LogP contribution is -2.08. The Hall–Kier alpha value is -3.15. The van der Waals surface area contributed by atoms with Crippen LogP contribution < -0.4 is 0 Å². The lowest BCUT2D eigenvalue weighted by atomic mass is 10.00. The van der Waals surface area contributed by atoms with Crippen LogP contribution in [0, 0.1) is 0 Å². The number of pyridine rings is 1. The molecule has 0 aliphatic heterocycles. The molecule has 0 bridgehead atoms. The van der Waals surface area contributed by atoms with E-state index in [0.717, 1.165) is 0 Å². The van der Waals surface area contributed by atoms with Crippen molar-refractivity contribution in [3.8, 4) is 0 Å². The second-order valence-corrected chi connectivity index (χ2v) is 4.55. The molecule has 0 aliphatic carbocycles. The van der Waals surface area contributed by atoms with Crippen molar-refractivity contribution in [1.82, 2.24) is 15.0 Å². The van der Waals surface area contributed by atoms with Crippen molar-refractivity contribution in [2.75, 3.05) is 7.11 Å². The SMILES string of the molecule is COC(=O)c1cc(C(=O)c2cncnc2)cc2cccnc12. The first-order valence-corrected chi connectivity index (χ1v) is 6.47. The van der Waals surface area contributed by atoms with Crippen molar-refractivity contribution in [2.45, 2.75) is 0 Å². The maximum atomic E-state index is 12.5. The molecule has 0 fully saturated rings. The van der Waals surface area contributed by atoms with Gasteiger partial charge in [-0.1, -0.05) is 6.07 Å². The number of carbonyl (C=O) groups excluding carboxylic acids is 2. The molecule has 2 heterocycles. The molecular weight excluding hydrogens is 282 g/mol. The molecule has 0 saturated heterocycles. The molecule has 0 N–H and O–H groups in total. The first-order chi connectivity index (χ1) is 10.7. The third-order valence-corrected chi connectivity index (χ3v) is 3.20. The van der Waals surface area contributed by atoms with Gasteiger partial charge in [-0.2, -0.15) is 0 Å². The third-order valence-electron chi connectivity index (χ3n) is 3.20. The third kappa shape index (κ3) is 2.42. The Labute approximate surface area is 125 Å². The summed E-state index contributed by atoms with van der Waals surface area (Å²) < 4.78 is 4.77. The van der Waals surface area contributed by atoms with E-state index in [9.17, 15) is 9.59 Å². The van der Waals surface area contributed by atoms with E-state index in [1.807, 2.05) is 0 Å². The summed E-state index contributed by atoms with van der Waals surface area (Å²) >= 11 is 0. The summed E-state index contributed by atoms with van der Waals surface area (Å²) in [7, 11) is 1.29. The molecular formula is C16H11N3O3. The lowest BCUT2D eigenvalue weighted by Gasteiger charge is -2.07. The number of carbonyl (C=O) groups is 2. The van der Waals surface area contributed by atoms with E-state index in [0.29, 0.717) is 22.0 Å². The van der Waals surface area contributed by atoms with Crippen LogP contribution in [0.5, 0.6) is 0 Å². The van der Waals surface area contributed by atoms with Gasteiger partial charge in [0.15, 0.2) is 5.78 Å². The van der Waals surface area contributed by atoms with E-state index in [2.05, 4.69) is 15.0 Å². The zero-order chi connectivity index (χ0) is 15.5. The van der Waals surface area contributed by atoms with Crippen LogP contribution in [-0.2, 0) is 4.74 Å². The first-order valence-electron chi connectivity index (χ1n) is 6.47. The number of benzene rings is 1. The molecule has 0 saturated carbocycles. The van der Waals surface area contributed by atoms with Crippen LogP contribution in [0.1, 0.15) is 26.3 Å². The van der Waals surface area contributed by atoms with Crippen molar-refractivity contribution in [2.24, 2.45) is 0 Å². The summed E-state index contributed by atoms with van der Waals surface area (Å²) in [6, 6.07) is 6.69. The molecule has 3 aromatic rings. The van der Waals surface area contributed by atoms with Gasteiger partial charge in [0, 0.05) is 29.5 Å².